The molecule has 13 heteroatoms. The Morgan fingerprint density at radius 1 is 1.26 bits per heavy atom. The van der Waals surface area contributed by atoms with Gasteiger partial charge < -0.3 is 10.1 Å². The zero-order valence-electron chi connectivity index (χ0n) is 17.5. The second-order valence-electron chi connectivity index (χ2n) is 7.60. The highest BCUT2D eigenvalue weighted by Gasteiger charge is 2.62. The lowest BCUT2D eigenvalue weighted by Crippen LogP contribution is -2.34. The van der Waals surface area contributed by atoms with Crippen molar-refractivity contribution in [3.05, 3.63) is 59.7 Å². The first-order chi connectivity index (χ1) is 15.9. The van der Waals surface area contributed by atoms with Gasteiger partial charge in [-0.25, -0.2) is 9.36 Å². The Balaban J connectivity index is 1.74. The Bertz CT molecular complexity index is 1260. The smallest absolute Gasteiger partial charge is 0.459 e. The van der Waals surface area contributed by atoms with Gasteiger partial charge in [0.25, 0.3) is 5.91 Å². The van der Waals surface area contributed by atoms with Crippen molar-refractivity contribution in [1.82, 2.24) is 24.9 Å². The van der Waals surface area contributed by atoms with Crippen LogP contribution in [0.15, 0.2) is 43.4 Å². The van der Waals surface area contributed by atoms with Crippen LogP contribution < -0.4 is 10.1 Å². The van der Waals surface area contributed by atoms with Gasteiger partial charge in [-0.3, -0.25) is 4.79 Å². The van der Waals surface area contributed by atoms with E-state index in [2.05, 4.69) is 22.1 Å². The molecule has 2 aromatic heterocycles. The number of carbonyl (C=O) groups is 1. The number of carbonyl (C=O) groups excluding carboxylic acids is 1. The fourth-order valence-corrected chi connectivity index (χ4v) is 3.44. The third-order valence-electron chi connectivity index (χ3n) is 5.09. The Labute approximate surface area is 194 Å². The topological polar surface area (TPSA) is 74.0 Å². The molecule has 1 saturated carbocycles. The first kappa shape index (κ1) is 23.7. The molecule has 7 nitrogen and oxygen atoms in total. The zero-order valence-corrected chi connectivity index (χ0v) is 18.3. The van der Waals surface area contributed by atoms with Crippen LogP contribution in [0.4, 0.5) is 22.0 Å². The second kappa shape index (κ2) is 8.42. The summed E-state index contributed by atoms with van der Waals surface area (Å²) in [6.07, 6.45) is -0.679. The molecule has 180 valence electrons. The Hall–Kier alpha value is -3.41. The van der Waals surface area contributed by atoms with Crippen LogP contribution in [0, 0.1) is 0 Å². The number of rotatable bonds is 7. The summed E-state index contributed by atoms with van der Waals surface area (Å²) in [6.45, 7) is 3.23. The minimum absolute atomic E-state index is 0.118. The zero-order chi connectivity index (χ0) is 24.8. The number of hydrogen-bond donors (Lipinski definition) is 1. The highest BCUT2D eigenvalue weighted by Crippen LogP contribution is 2.48. The SMILES string of the molecule is C=COc1c(C(F)(F)C(F)(F)F)nn(C)c1-n1cc(-c2ccc(Cl)c(C(=O)NC3CC3)c2)cn1. The number of ether oxygens (including phenoxy) is 1. The highest BCUT2D eigenvalue weighted by molar-refractivity contribution is 6.34. The third-order valence-corrected chi connectivity index (χ3v) is 5.42. The molecule has 2 heterocycles. The molecule has 0 bridgehead atoms. The maximum absolute atomic E-state index is 14.1. The Kier molecular flexibility index (Phi) is 5.88. The number of nitrogens with one attached hydrogen (secondary N) is 1. The maximum Gasteiger partial charge on any atom is 0.459 e. The summed E-state index contributed by atoms with van der Waals surface area (Å²) in [7, 11) is 1.17. The van der Waals surface area contributed by atoms with Gasteiger partial charge in [0.2, 0.25) is 5.75 Å². The molecular formula is C21H17ClF5N5O2. The van der Waals surface area contributed by atoms with Gasteiger partial charge >= 0.3 is 12.1 Å². The number of hydrogen-bond acceptors (Lipinski definition) is 4. The number of aryl methyl sites for hydroxylation is 1. The number of nitrogens with zero attached hydrogens (tertiary/aromatic N) is 4. The summed E-state index contributed by atoms with van der Waals surface area (Å²) in [4.78, 5) is 12.4. The molecule has 0 radical (unpaired) electrons. The normalized spacial score (nSPS) is 14.2. The lowest BCUT2D eigenvalue weighted by molar-refractivity contribution is -0.291. The molecule has 1 amide bonds. The summed E-state index contributed by atoms with van der Waals surface area (Å²) in [5.41, 5.74) is -0.431. The predicted octanol–water partition coefficient (Wildman–Crippen LogP) is 4.99. The largest absolute Gasteiger partial charge is 0.459 e. The van der Waals surface area contributed by atoms with Gasteiger partial charge in [0.1, 0.15) is 0 Å². The van der Waals surface area contributed by atoms with Crippen LogP contribution in [0.5, 0.6) is 5.75 Å². The maximum atomic E-state index is 14.1. The molecule has 1 aliphatic carbocycles. The number of halogens is 6. The number of benzene rings is 1. The van der Waals surface area contributed by atoms with Crippen molar-refractivity contribution in [2.24, 2.45) is 7.05 Å². The minimum Gasteiger partial charge on any atom is -0.459 e. The predicted molar refractivity (Wildman–Crippen MR) is 112 cm³/mol. The molecule has 1 N–H and O–H groups in total. The number of alkyl halides is 5. The van der Waals surface area contributed by atoms with Crippen molar-refractivity contribution in [3.63, 3.8) is 0 Å². The average Bonchev–Trinajstić information content (AvgIpc) is 3.32. The van der Waals surface area contributed by atoms with E-state index < -0.39 is 23.5 Å². The minimum atomic E-state index is -5.89. The van der Waals surface area contributed by atoms with Gasteiger partial charge in [-0.15, -0.1) is 0 Å². The molecule has 0 saturated heterocycles. The van der Waals surface area contributed by atoms with E-state index >= 15 is 0 Å². The van der Waals surface area contributed by atoms with Gasteiger partial charge in [-0.2, -0.15) is 32.1 Å². The second-order valence-corrected chi connectivity index (χ2v) is 8.00. The van der Waals surface area contributed by atoms with E-state index in [0.29, 0.717) is 17.4 Å². The summed E-state index contributed by atoms with van der Waals surface area (Å²) in [5, 5.41) is 10.5. The Morgan fingerprint density at radius 3 is 2.59 bits per heavy atom. The summed E-state index contributed by atoms with van der Waals surface area (Å²) < 4.78 is 73.9. The van der Waals surface area contributed by atoms with Crippen molar-refractivity contribution < 1.29 is 31.5 Å². The molecule has 34 heavy (non-hydrogen) atoms. The van der Waals surface area contributed by atoms with Crippen molar-refractivity contribution in [3.8, 4) is 22.7 Å². The van der Waals surface area contributed by atoms with E-state index in [1.165, 1.54) is 31.6 Å². The van der Waals surface area contributed by atoms with E-state index in [9.17, 15) is 26.7 Å². The monoisotopic (exact) mass is 501 g/mol. The standard InChI is InChI=1S/C21H17ClF5N5O2/c1-3-34-16-17(20(23,24)21(25,26)27)30-31(2)19(16)32-10-12(9-28-32)11-4-7-15(22)14(8-11)18(33)29-13-5-6-13/h3-4,7-10,13H,1,5-6H2,2H3,(H,29,33). The molecule has 0 aliphatic heterocycles. The van der Waals surface area contributed by atoms with E-state index in [4.69, 9.17) is 16.3 Å². The first-order valence-electron chi connectivity index (χ1n) is 9.89. The van der Waals surface area contributed by atoms with Crippen LogP contribution in [0.25, 0.3) is 16.9 Å². The van der Waals surface area contributed by atoms with Gasteiger partial charge in [-0.1, -0.05) is 24.2 Å². The van der Waals surface area contributed by atoms with Crippen molar-refractivity contribution in [2.45, 2.75) is 31.0 Å². The van der Waals surface area contributed by atoms with Crippen LogP contribution in [0.1, 0.15) is 28.9 Å². The molecule has 0 atom stereocenters. The fourth-order valence-electron chi connectivity index (χ4n) is 3.24. The van der Waals surface area contributed by atoms with E-state index in [-0.39, 0.29) is 28.4 Å². The van der Waals surface area contributed by atoms with Gasteiger partial charge in [0.05, 0.1) is 23.0 Å². The molecule has 1 fully saturated rings. The van der Waals surface area contributed by atoms with Crippen LogP contribution in [0.2, 0.25) is 5.02 Å². The summed E-state index contributed by atoms with van der Waals surface area (Å²) >= 11 is 6.16. The number of aromatic nitrogens is 4. The van der Waals surface area contributed by atoms with Crippen molar-refractivity contribution in [1.29, 1.82) is 0 Å². The van der Waals surface area contributed by atoms with Gasteiger partial charge in [-0.05, 0) is 30.5 Å². The summed E-state index contributed by atoms with van der Waals surface area (Å²) in [6, 6.07) is 4.79. The molecule has 1 aromatic carbocycles. The lowest BCUT2D eigenvalue weighted by Gasteiger charge is -2.18. The quantitative estimate of drug-likeness (QED) is 0.365. The Morgan fingerprint density at radius 2 is 1.97 bits per heavy atom. The van der Waals surface area contributed by atoms with Gasteiger partial charge in [0.15, 0.2) is 11.5 Å². The van der Waals surface area contributed by atoms with Crippen LogP contribution in [0.3, 0.4) is 0 Å². The fraction of sp³-hybridized carbons (Fsp3) is 0.286. The lowest BCUT2D eigenvalue weighted by atomic mass is 10.1. The molecule has 0 spiro atoms. The molecule has 1 aliphatic rings. The van der Waals surface area contributed by atoms with E-state index in [0.717, 1.165) is 22.2 Å². The molecule has 0 unspecified atom stereocenters. The van der Waals surface area contributed by atoms with Crippen LogP contribution in [-0.2, 0) is 13.0 Å². The van der Waals surface area contributed by atoms with Gasteiger partial charge in [0, 0.05) is 24.8 Å². The summed E-state index contributed by atoms with van der Waals surface area (Å²) in [5.74, 6) is -6.76. The van der Waals surface area contributed by atoms with Crippen molar-refractivity contribution >= 4 is 17.5 Å². The molecule has 3 aromatic rings. The van der Waals surface area contributed by atoms with E-state index in [1.54, 1.807) is 6.07 Å². The third kappa shape index (κ3) is 4.25. The van der Waals surface area contributed by atoms with Crippen LogP contribution >= 0.6 is 11.6 Å². The molecular weight excluding hydrogens is 485 g/mol. The van der Waals surface area contributed by atoms with Crippen molar-refractivity contribution in [2.75, 3.05) is 0 Å². The van der Waals surface area contributed by atoms with Crippen LogP contribution in [-0.4, -0.2) is 37.7 Å². The first-order valence-corrected chi connectivity index (χ1v) is 10.3. The molecule has 4 rings (SSSR count). The van der Waals surface area contributed by atoms with E-state index in [1.807, 2.05) is 0 Å². The highest BCUT2D eigenvalue weighted by atomic mass is 35.5. The average molecular weight is 502 g/mol. The number of amides is 1.